The number of esters is 1. The predicted molar refractivity (Wildman–Crippen MR) is 74.4 cm³/mol. The van der Waals surface area contributed by atoms with Gasteiger partial charge in [-0.15, -0.1) is 0 Å². The Morgan fingerprint density at radius 2 is 1.91 bits per heavy atom. The van der Waals surface area contributed by atoms with Gasteiger partial charge in [-0.1, -0.05) is 6.58 Å². The third-order valence-corrected chi connectivity index (χ3v) is 4.49. The van der Waals surface area contributed by atoms with Crippen molar-refractivity contribution in [1.82, 2.24) is 4.72 Å². The molecule has 2 unspecified atom stereocenters. The molecule has 2 atom stereocenters. The first-order chi connectivity index (χ1) is 10.4. The second kappa shape index (κ2) is 7.33. The first kappa shape index (κ1) is 19.5. The van der Waals surface area contributed by atoms with Gasteiger partial charge in [0.2, 0.25) is 5.91 Å². The summed E-state index contributed by atoms with van der Waals surface area (Å²) in [6.07, 6.45) is 1.20. The number of ether oxygens (including phenoxy) is 1. The standard InChI is InChI=1S/C13H18F3NO5S/c1-8(2)12(19)22-10-5-3-4-9(6-10)7-11(18)17-23(20,21)13(14,15)16/h9-10H,1,3-7H2,2H3,(H,17,18). The first-order valence-corrected chi connectivity index (χ1v) is 8.39. The highest BCUT2D eigenvalue weighted by Crippen LogP contribution is 2.29. The lowest BCUT2D eigenvalue weighted by molar-refractivity contribution is -0.146. The molecule has 132 valence electrons. The highest BCUT2D eigenvalue weighted by Gasteiger charge is 2.47. The van der Waals surface area contributed by atoms with E-state index in [1.807, 2.05) is 0 Å². The number of carbonyl (C=O) groups is 2. The SMILES string of the molecule is C=C(C)C(=O)OC1CCCC(CC(=O)NS(=O)(=O)C(F)(F)F)C1. The minimum Gasteiger partial charge on any atom is -0.459 e. The number of halogens is 3. The van der Waals surface area contributed by atoms with Crippen molar-refractivity contribution in [1.29, 1.82) is 0 Å². The van der Waals surface area contributed by atoms with Crippen LogP contribution in [0.2, 0.25) is 0 Å². The first-order valence-electron chi connectivity index (χ1n) is 6.90. The van der Waals surface area contributed by atoms with Crippen molar-refractivity contribution < 1.29 is 35.9 Å². The summed E-state index contributed by atoms with van der Waals surface area (Å²) in [5, 5.41) is 0. The molecule has 0 aliphatic heterocycles. The van der Waals surface area contributed by atoms with Gasteiger partial charge in [0, 0.05) is 12.0 Å². The van der Waals surface area contributed by atoms with Crippen molar-refractivity contribution in [3.63, 3.8) is 0 Å². The molecule has 0 aromatic rings. The Balaban J connectivity index is 2.56. The minimum atomic E-state index is -5.69. The van der Waals surface area contributed by atoms with Gasteiger partial charge in [0.05, 0.1) is 0 Å². The maximum atomic E-state index is 12.2. The molecule has 10 heteroatoms. The third-order valence-electron chi connectivity index (χ3n) is 3.38. The van der Waals surface area contributed by atoms with E-state index in [1.165, 1.54) is 6.92 Å². The lowest BCUT2D eigenvalue weighted by atomic mass is 9.85. The number of hydrogen-bond acceptors (Lipinski definition) is 5. The van der Waals surface area contributed by atoms with Crippen LogP contribution in [-0.2, 0) is 24.3 Å². The van der Waals surface area contributed by atoms with Gasteiger partial charge in [-0.25, -0.2) is 9.52 Å². The summed E-state index contributed by atoms with van der Waals surface area (Å²) >= 11 is 0. The fourth-order valence-electron chi connectivity index (χ4n) is 2.30. The maximum absolute atomic E-state index is 12.2. The van der Waals surface area contributed by atoms with Crippen molar-refractivity contribution >= 4 is 21.9 Å². The molecule has 1 fully saturated rings. The highest BCUT2D eigenvalue weighted by molar-refractivity contribution is 7.90. The molecule has 6 nitrogen and oxygen atoms in total. The Bertz CT molecular complexity index is 585. The molecular formula is C13H18F3NO5S. The van der Waals surface area contributed by atoms with E-state index in [-0.39, 0.29) is 17.9 Å². The number of rotatable bonds is 5. The predicted octanol–water partition coefficient (Wildman–Crippen LogP) is 2.02. The van der Waals surface area contributed by atoms with Crippen LogP contribution in [0.4, 0.5) is 13.2 Å². The lowest BCUT2D eigenvalue weighted by Crippen LogP contribution is -2.41. The van der Waals surface area contributed by atoms with E-state index in [2.05, 4.69) is 6.58 Å². The van der Waals surface area contributed by atoms with Crippen molar-refractivity contribution in [2.24, 2.45) is 5.92 Å². The molecule has 1 amide bonds. The Hall–Kier alpha value is -1.58. The van der Waals surface area contributed by atoms with Crippen molar-refractivity contribution in [3.05, 3.63) is 12.2 Å². The Morgan fingerprint density at radius 3 is 2.43 bits per heavy atom. The van der Waals surface area contributed by atoms with Crippen LogP contribution in [0.3, 0.4) is 0 Å². The van der Waals surface area contributed by atoms with Crippen LogP contribution >= 0.6 is 0 Å². The summed E-state index contributed by atoms with van der Waals surface area (Å²) < 4.78 is 64.4. The number of carbonyl (C=O) groups excluding carboxylic acids is 2. The van der Waals surface area contributed by atoms with Gasteiger partial charge in [0.15, 0.2) is 0 Å². The van der Waals surface area contributed by atoms with Crippen LogP contribution < -0.4 is 4.72 Å². The molecular weight excluding hydrogens is 339 g/mol. The van der Waals surface area contributed by atoms with E-state index in [9.17, 15) is 31.2 Å². The average Bonchev–Trinajstić information content (AvgIpc) is 2.36. The Labute approximate surface area is 132 Å². The molecule has 0 saturated heterocycles. The van der Waals surface area contributed by atoms with Crippen LogP contribution in [-0.4, -0.2) is 31.9 Å². The second-order valence-corrected chi connectivity index (χ2v) is 7.19. The molecule has 0 radical (unpaired) electrons. The van der Waals surface area contributed by atoms with Crippen molar-refractivity contribution in [2.45, 2.75) is 50.6 Å². The normalized spacial score (nSPS) is 22.3. The van der Waals surface area contributed by atoms with Gasteiger partial charge >= 0.3 is 21.5 Å². The zero-order valence-electron chi connectivity index (χ0n) is 12.5. The molecule has 1 N–H and O–H groups in total. The van der Waals surface area contributed by atoms with E-state index in [4.69, 9.17) is 4.74 Å². The van der Waals surface area contributed by atoms with Gasteiger partial charge in [-0.3, -0.25) is 4.79 Å². The Morgan fingerprint density at radius 1 is 1.30 bits per heavy atom. The number of amides is 1. The second-order valence-electron chi connectivity index (χ2n) is 5.52. The monoisotopic (exact) mass is 357 g/mol. The van der Waals surface area contributed by atoms with Crippen LogP contribution in [0.1, 0.15) is 39.0 Å². The lowest BCUT2D eigenvalue weighted by Gasteiger charge is -2.28. The molecule has 0 aromatic heterocycles. The van der Waals surface area contributed by atoms with Crippen LogP contribution in [0.25, 0.3) is 0 Å². The summed E-state index contributed by atoms with van der Waals surface area (Å²) in [5.74, 6) is -2.14. The Kier molecular flexibility index (Phi) is 6.20. The van der Waals surface area contributed by atoms with Gasteiger partial charge in [-0.2, -0.15) is 21.6 Å². The fourth-order valence-corrected chi connectivity index (χ4v) is 2.80. The molecule has 0 bridgehead atoms. The third kappa shape index (κ3) is 5.85. The van der Waals surface area contributed by atoms with Gasteiger partial charge in [0.1, 0.15) is 6.10 Å². The van der Waals surface area contributed by atoms with E-state index in [0.717, 1.165) is 4.72 Å². The largest absolute Gasteiger partial charge is 0.516 e. The summed E-state index contributed by atoms with van der Waals surface area (Å²) in [6, 6.07) is 0. The van der Waals surface area contributed by atoms with Gasteiger partial charge < -0.3 is 4.74 Å². The summed E-state index contributed by atoms with van der Waals surface area (Å²) in [5.41, 5.74) is -5.31. The zero-order valence-corrected chi connectivity index (χ0v) is 13.3. The molecule has 1 aliphatic rings. The van der Waals surface area contributed by atoms with E-state index >= 15 is 0 Å². The molecule has 0 heterocycles. The van der Waals surface area contributed by atoms with Gasteiger partial charge in [0.25, 0.3) is 0 Å². The maximum Gasteiger partial charge on any atom is 0.516 e. The van der Waals surface area contributed by atoms with Crippen LogP contribution in [0.15, 0.2) is 12.2 Å². The summed E-state index contributed by atoms with van der Waals surface area (Å²) in [4.78, 5) is 22.9. The quantitative estimate of drug-likeness (QED) is 0.601. The average molecular weight is 357 g/mol. The van der Waals surface area contributed by atoms with Crippen LogP contribution in [0.5, 0.6) is 0 Å². The van der Waals surface area contributed by atoms with E-state index < -0.39 is 33.5 Å². The highest BCUT2D eigenvalue weighted by atomic mass is 32.2. The molecule has 1 rings (SSSR count). The topological polar surface area (TPSA) is 89.5 Å². The molecule has 1 saturated carbocycles. The van der Waals surface area contributed by atoms with Crippen molar-refractivity contribution in [2.75, 3.05) is 0 Å². The molecule has 0 aromatic carbocycles. The number of sulfonamides is 1. The smallest absolute Gasteiger partial charge is 0.459 e. The van der Waals surface area contributed by atoms with Crippen molar-refractivity contribution in [3.8, 4) is 0 Å². The number of nitrogens with one attached hydrogen (secondary N) is 1. The van der Waals surface area contributed by atoms with E-state index in [0.29, 0.717) is 25.7 Å². The zero-order chi connectivity index (χ0) is 17.8. The molecule has 1 aliphatic carbocycles. The molecule has 0 spiro atoms. The fraction of sp³-hybridized carbons (Fsp3) is 0.692. The number of hydrogen-bond donors (Lipinski definition) is 1. The molecule has 23 heavy (non-hydrogen) atoms. The minimum absolute atomic E-state index is 0.223. The van der Waals surface area contributed by atoms with Gasteiger partial charge in [-0.05, 0) is 38.5 Å². The summed E-state index contributed by atoms with van der Waals surface area (Å²) in [7, 11) is -5.69. The summed E-state index contributed by atoms with van der Waals surface area (Å²) in [6.45, 7) is 4.92. The van der Waals surface area contributed by atoms with Crippen LogP contribution in [0, 0.1) is 5.92 Å². The number of alkyl halides is 3. The van der Waals surface area contributed by atoms with E-state index in [1.54, 1.807) is 0 Å².